The summed E-state index contributed by atoms with van der Waals surface area (Å²) in [4.78, 5) is 1.93. The van der Waals surface area contributed by atoms with E-state index in [4.69, 9.17) is 0 Å². The third kappa shape index (κ3) is 0.534. The zero-order valence-corrected chi connectivity index (χ0v) is 3.72. The van der Waals surface area contributed by atoms with E-state index in [1.165, 1.54) is 6.42 Å². The fourth-order valence-corrected chi connectivity index (χ4v) is 0.539. The van der Waals surface area contributed by atoms with E-state index in [1.807, 2.05) is 11.1 Å². The monoisotopic (exact) mass is 82.1 g/mol. The van der Waals surface area contributed by atoms with Gasteiger partial charge in [0.2, 0.25) is 0 Å². The van der Waals surface area contributed by atoms with Crippen LogP contribution in [0.1, 0.15) is 6.42 Å². The van der Waals surface area contributed by atoms with Crippen molar-refractivity contribution < 1.29 is 0 Å². The third-order valence-electron chi connectivity index (χ3n) is 0.899. The molecule has 0 aromatic carbocycles. The largest absolute Gasteiger partial charge is 0.376 e. The molecule has 0 bridgehead atoms. The van der Waals surface area contributed by atoms with Gasteiger partial charge in [-0.15, -0.1) is 0 Å². The molecule has 1 rings (SSSR count). The molecule has 1 nitrogen and oxygen atoms in total. The van der Waals surface area contributed by atoms with Gasteiger partial charge in [-0.25, -0.2) is 0 Å². The maximum Gasteiger partial charge on any atom is 0.0348 e. The van der Waals surface area contributed by atoms with Gasteiger partial charge in [0, 0.05) is 13.6 Å². The van der Waals surface area contributed by atoms with Crippen LogP contribution in [-0.2, 0) is 0 Å². The van der Waals surface area contributed by atoms with Crippen LogP contribution in [0.5, 0.6) is 0 Å². The first-order chi connectivity index (χ1) is 2.89. The van der Waals surface area contributed by atoms with E-state index >= 15 is 0 Å². The van der Waals surface area contributed by atoms with Crippen molar-refractivity contribution in [1.82, 2.24) is 4.90 Å². The topological polar surface area (TPSA) is 3.24 Å². The first-order valence-electron chi connectivity index (χ1n) is 2.13. The standard InChI is InChI=1S/C5H8N/c1-6-4-2-3-5-6/h2,4H,1,3,5H2. The molecule has 0 aliphatic carbocycles. The number of hydrogen-bond donors (Lipinski definition) is 0. The average molecular weight is 82.1 g/mol. The molecule has 1 radical (unpaired) electrons. The fourth-order valence-electron chi connectivity index (χ4n) is 0.539. The van der Waals surface area contributed by atoms with Gasteiger partial charge >= 0.3 is 0 Å². The summed E-state index contributed by atoms with van der Waals surface area (Å²) in [5.41, 5.74) is 0. The van der Waals surface area contributed by atoms with Gasteiger partial charge in [-0.05, 0) is 12.6 Å². The van der Waals surface area contributed by atoms with Gasteiger partial charge < -0.3 is 4.90 Å². The summed E-state index contributed by atoms with van der Waals surface area (Å²) < 4.78 is 0. The van der Waals surface area contributed by atoms with Crippen LogP contribution in [0.2, 0.25) is 0 Å². The Hall–Kier alpha value is -0.460. The summed E-state index contributed by atoms with van der Waals surface area (Å²) in [6.07, 6.45) is 5.29. The zero-order chi connectivity index (χ0) is 4.41. The number of rotatable bonds is 0. The highest BCUT2D eigenvalue weighted by Crippen LogP contribution is 1.99. The first kappa shape index (κ1) is 3.72. The molecule has 0 saturated heterocycles. The zero-order valence-electron chi connectivity index (χ0n) is 3.72. The molecule has 1 aliphatic rings. The Morgan fingerprint density at radius 2 is 2.50 bits per heavy atom. The quantitative estimate of drug-likeness (QED) is 0.421. The highest BCUT2D eigenvalue weighted by Gasteiger charge is 1.93. The van der Waals surface area contributed by atoms with E-state index in [0.717, 1.165) is 6.54 Å². The highest BCUT2D eigenvalue weighted by molar-refractivity contribution is 4.90. The molecule has 0 unspecified atom stereocenters. The minimum Gasteiger partial charge on any atom is -0.376 e. The van der Waals surface area contributed by atoms with Crippen LogP contribution in [0.3, 0.4) is 0 Å². The SMILES string of the molecule is [CH2]N1C=CCC1. The first-order valence-corrected chi connectivity index (χ1v) is 2.13. The van der Waals surface area contributed by atoms with Gasteiger partial charge in [0.15, 0.2) is 0 Å². The molecule has 33 valence electrons. The summed E-state index contributed by atoms with van der Waals surface area (Å²) in [5.74, 6) is 0. The van der Waals surface area contributed by atoms with Crippen LogP contribution in [0.4, 0.5) is 0 Å². The Kier molecular flexibility index (Phi) is 0.825. The van der Waals surface area contributed by atoms with Gasteiger partial charge in [-0.3, -0.25) is 0 Å². The fraction of sp³-hybridized carbons (Fsp3) is 0.400. The van der Waals surface area contributed by atoms with E-state index in [2.05, 4.69) is 13.1 Å². The number of hydrogen-bond acceptors (Lipinski definition) is 1. The van der Waals surface area contributed by atoms with Gasteiger partial charge in [0.1, 0.15) is 0 Å². The second-order valence-electron chi connectivity index (χ2n) is 1.49. The van der Waals surface area contributed by atoms with Crippen molar-refractivity contribution in [1.29, 1.82) is 0 Å². The summed E-state index contributed by atoms with van der Waals surface area (Å²) in [6, 6.07) is 0. The average Bonchev–Trinajstić information content (AvgIpc) is 1.86. The lowest BCUT2D eigenvalue weighted by Gasteiger charge is -2.01. The molecular formula is C5H8N. The van der Waals surface area contributed by atoms with E-state index in [0.29, 0.717) is 0 Å². The molecule has 1 aliphatic heterocycles. The van der Waals surface area contributed by atoms with Crippen LogP contribution in [0.15, 0.2) is 12.3 Å². The van der Waals surface area contributed by atoms with Crippen LogP contribution >= 0.6 is 0 Å². The molecule has 0 fully saturated rings. The molecule has 1 heteroatoms. The van der Waals surface area contributed by atoms with Crippen molar-refractivity contribution in [2.75, 3.05) is 6.54 Å². The van der Waals surface area contributed by atoms with E-state index < -0.39 is 0 Å². The van der Waals surface area contributed by atoms with Gasteiger partial charge in [-0.1, -0.05) is 6.08 Å². The maximum atomic E-state index is 3.68. The van der Waals surface area contributed by atoms with E-state index in [9.17, 15) is 0 Å². The molecule has 1 heterocycles. The van der Waals surface area contributed by atoms with E-state index in [1.54, 1.807) is 0 Å². The van der Waals surface area contributed by atoms with Crippen molar-refractivity contribution in [3.63, 3.8) is 0 Å². The van der Waals surface area contributed by atoms with Gasteiger partial charge in [-0.2, -0.15) is 0 Å². The Bertz CT molecular complexity index is 66.3. The Morgan fingerprint density at radius 3 is 2.67 bits per heavy atom. The number of nitrogens with zero attached hydrogens (tertiary/aromatic N) is 1. The van der Waals surface area contributed by atoms with Crippen molar-refractivity contribution in [2.24, 2.45) is 0 Å². The lowest BCUT2D eigenvalue weighted by molar-refractivity contribution is 0.543. The summed E-state index contributed by atoms with van der Waals surface area (Å²) in [6.45, 7) is 1.10. The minimum atomic E-state index is 1.10. The Balaban J connectivity index is 2.38. The van der Waals surface area contributed by atoms with Crippen molar-refractivity contribution in [2.45, 2.75) is 6.42 Å². The van der Waals surface area contributed by atoms with Crippen molar-refractivity contribution in [3.05, 3.63) is 19.3 Å². The molecule has 0 N–H and O–H groups in total. The molecular weight excluding hydrogens is 74.1 g/mol. The molecule has 0 saturated carbocycles. The van der Waals surface area contributed by atoms with Gasteiger partial charge in [0.25, 0.3) is 0 Å². The molecule has 0 aromatic rings. The summed E-state index contributed by atoms with van der Waals surface area (Å²) >= 11 is 0. The second-order valence-corrected chi connectivity index (χ2v) is 1.49. The Morgan fingerprint density at radius 1 is 1.67 bits per heavy atom. The van der Waals surface area contributed by atoms with Crippen molar-refractivity contribution in [3.8, 4) is 0 Å². The minimum absolute atomic E-state index is 1.10. The molecule has 0 aromatic heterocycles. The third-order valence-corrected chi connectivity index (χ3v) is 0.899. The van der Waals surface area contributed by atoms with E-state index in [-0.39, 0.29) is 0 Å². The predicted octanol–water partition coefficient (Wildman–Crippen LogP) is 0.997. The normalized spacial score (nSPS) is 19.8. The van der Waals surface area contributed by atoms with Crippen LogP contribution in [0.25, 0.3) is 0 Å². The van der Waals surface area contributed by atoms with Crippen molar-refractivity contribution >= 4 is 0 Å². The lowest BCUT2D eigenvalue weighted by atomic mass is 10.5. The molecule has 0 amide bonds. The summed E-state index contributed by atoms with van der Waals surface area (Å²) in [5, 5.41) is 0. The predicted molar refractivity (Wildman–Crippen MR) is 25.8 cm³/mol. The lowest BCUT2D eigenvalue weighted by Crippen LogP contribution is -2.01. The molecule has 0 spiro atoms. The van der Waals surface area contributed by atoms with Crippen LogP contribution < -0.4 is 0 Å². The van der Waals surface area contributed by atoms with Gasteiger partial charge in [0.05, 0.1) is 0 Å². The maximum absolute atomic E-state index is 3.68. The van der Waals surface area contributed by atoms with Crippen LogP contribution in [0, 0.1) is 7.05 Å². The summed E-state index contributed by atoms with van der Waals surface area (Å²) in [7, 11) is 3.68. The van der Waals surface area contributed by atoms with Crippen LogP contribution in [-0.4, -0.2) is 11.4 Å². The smallest absolute Gasteiger partial charge is 0.0348 e. The second kappa shape index (κ2) is 1.33. The molecule has 6 heavy (non-hydrogen) atoms. The highest BCUT2D eigenvalue weighted by atomic mass is 15.1. The Labute approximate surface area is 38.3 Å². The molecule has 0 atom stereocenters.